The van der Waals surface area contributed by atoms with Crippen LogP contribution in [0.5, 0.6) is 0 Å². The summed E-state index contributed by atoms with van der Waals surface area (Å²) in [6, 6.07) is 16.1. The van der Waals surface area contributed by atoms with E-state index in [1.807, 2.05) is 57.2 Å². The van der Waals surface area contributed by atoms with Crippen LogP contribution >= 0.6 is 11.6 Å². The van der Waals surface area contributed by atoms with Crippen LogP contribution in [0.25, 0.3) is 5.69 Å². The Morgan fingerprint density at radius 3 is 2.34 bits per heavy atom. The van der Waals surface area contributed by atoms with Gasteiger partial charge in [-0.25, -0.2) is 0 Å². The number of rotatable bonds is 4. The van der Waals surface area contributed by atoms with Gasteiger partial charge in [0.05, 0.1) is 0 Å². The number of carbonyl (C=O) groups is 2. The Morgan fingerprint density at radius 1 is 1.03 bits per heavy atom. The molecule has 0 saturated heterocycles. The van der Waals surface area contributed by atoms with Gasteiger partial charge in [-0.05, 0) is 54.7 Å². The molecule has 1 aliphatic rings. The highest BCUT2D eigenvalue weighted by Gasteiger charge is 2.35. The zero-order valence-electron chi connectivity index (χ0n) is 18.4. The molecule has 3 aromatic rings. The van der Waals surface area contributed by atoms with Gasteiger partial charge in [-0.3, -0.25) is 19.0 Å². The first-order valence-electron chi connectivity index (χ1n) is 10.6. The SMILES string of the molecule is Cc1ccc(-n2c3c(cc(C(=O)NCc4ccc(Cl)cc4)c2=O)C(=O)CC(C)(C)C3)cc1. The zero-order chi connectivity index (χ0) is 23.0. The van der Waals surface area contributed by atoms with Crippen molar-refractivity contribution >= 4 is 23.3 Å². The normalized spacial score (nSPS) is 14.7. The summed E-state index contributed by atoms with van der Waals surface area (Å²) in [5, 5.41) is 3.40. The topological polar surface area (TPSA) is 68.2 Å². The number of ketones is 1. The van der Waals surface area contributed by atoms with E-state index in [0.29, 0.717) is 34.8 Å². The third kappa shape index (κ3) is 4.39. The number of aromatic nitrogens is 1. The average molecular weight is 449 g/mol. The molecule has 0 radical (unpaired) electrons. The number of amides is 1. The van der Waals surface area contributed by atoms with Crippen molar-refractivity contribution < 1.29 is 9.59 Å². The Morgan fingerprint density at radius 2 is 1.69 bits per heavy atom. The van der Waals surface area contributed by atoms with Gasteiger partial charge in [0.15, 0.2) is 5.78 Å². The number of hydrogen-bond donors (Lipinski definition) is 1. The lowest BCUT2D eigenvalue weighted by molar-refractivity contribution is 0.0908. The molecule has 1 aliphatic carbocycles. The number of pyridine rings is 1. The molecule has 1 aromatic heterocycles. The molecule has 0 aliphatic heterocycles. The van der Waals surface area contributed by atoms with Crippen molar-refractivity contribution in [2.75, 3.05) is 0 Å². The average Bonchev–Trinajstić information content (AvgIpc) is 2.73. The van der Waals surface area contributed by atoms with E-state index in [1.165, 1.54) is 10.6 Å². The molecule has 0 unspecified atom stereocenters. The van der Waals surface area contributed by atoms with Crippen LogP contribution in [0.2, 0.25) is 5.02 Å². The molecule has 0 spiro atoms. The Kier molecular flexibility index (Phi) is 5.78. The number of nitrogens with one attached hydrogen (secondary N) is 1. The summed E-state index contributed by atoms with van der Waals surface area (Å²) in [5.74, 6) is -0.560. The van der Waals surface area contributed by atoms with E-state index in [4.69, 9.17) is 11.6 Å². The molecule has 32 heavy (non-hydrogen) atoms. The molecule has 1 N–H and O–H groups in total. The van der Waals surface area contributed by atoms with Crippen molar-refractivity contribution in [3.63, 3.8) is 0 Å². The number of hydrogen-bond acceptors (Lipinski definition) is 3. The molecular formula is C26H25ClN2O3. The number of fused-ring (bicyclic) bond motifs is 1. The number of carbonyl (C=O) groups excluding carboxylic acids is 2. The number of aryl methyl sites for hydroxylation is 1. The summed E-state index contributed by atoms with van der Waals surface area (Å²) in [4.78, 5) is 39.5. The molecular weight excluding hydrogens is 424 g/mol. The van der Waals surface area contributed by atoms with Gasteiger partial charge in [0.2, 0.25) is 0 Å². The lowest BCUT2D eigenvalue weighted by Crippen LogP contribution is -2.38. The van der Waals surface area contributed by atoms with Crippen LogP contribution in [0.3, 0.4) is 0 Å². The lowest BCUT2D eigenvalue weighted by atomic mass is 9.75. The Balaban J connectivity index is 1.79. The summed E-state index contributed by atoms with van der Waals surface area (Å²) in [5.41, 5.74) is 2.95. The molecule has 2 aromatic carbocycles. The summed E-state index contributed by atoms with van der Waals surface area (Å²) < 4.78 is 1.53. The number of benzene rings is 2. The highest BCUT2D eigenvalue weighted by molar-refractivity contribution is 6.30. The predicted octanol–water partition coefficient (Wildman–Crippen LogP) is 4.88. The fraction of sp³-hybridized carbons (Fsp3) is 0.269. The maximum atomic E-state index is 13.5. The van der Waals surface area contributed by atoms with E-state index in [-0.39, 0.29) is 23.3 Å². The summed E-state index contributed by atoms with van der Waals surface area (Å²) >= 11 is 5.91. The van der Waals surface area contributed by atoms with E-state index in [2.05, 4.69) is 5.32 Å². The monoisotopic (exact) mass is 448 g/mol. The first kappa shape index (κ1) is 22.0. The Hall–Kier alpha value is -3.18. The van der Waals surface area contributed by atoms with E-state index in [9.17, 15) is 14.4 Å². The molecule has 164 valence electrons. The minimum Gasteiger partial charge on any atom is -0.348 e. The van der Waals surface area contributed by atoms with Crippen LogP contribution in [0.1, 0.15) is 57.8 Å². The lowest BCUT2D eigenvalue weighted by Gasteiger charge is -2.32. The van der Waals surface area contributed by atoms with Crippen LogP contribution in [-0.2, 0) is 13.0 Å². The largest absolute Gasteiger partial charge is 0.348 e. The van der Waals surface area contributed by atoms with Gasteiger partial charge in [-0.15, -0.1) is 0 Å². The Labute approximate surface area is 192 Å². The van der Waals surface area contributed by atoms with Gasteiger partial charge in [-0.1, -0.05) is 55.3 Å². The molecule has 0 fully saturated rings. The molecule has 1 heterocycles. The first-order valence-corrected chi connectivity index (χ1v) is 10.9. The second kappa shape index (κ2) is 8.40. The van der Waals surface area contributed by atoms with Gasteiger partial charge < -0.3 is 5.32 Å². The molecule has 0 atom stereocenters. The number of nitrogens with zero attached hydrogens (tertiary/aromatic N) is 1. The third-order valence-corrected chi connectivity index (χ3v) is 6.04. The van der Waals surface area contributed by atoms with Gasteiger partial charge in [0.1, 0.15) is 5.56 Å². The van der Waals surface area contributed by atoms with Crippen molar-refractivity contribution in [1.82, 2.24) is 9.88 Å². The molecule has 6 heteroatoms. The number of Topliss-reactive ketones (excluding diaryl/α,β-unsaturated/α-hetero) is 1. The highest BCUT2D eigenvalue weighted by Crippen LogP contribution is 2.35. The summed E-state index contributed by atoms with van der Waals surface area (Å²) in [7, 11) is 0. The quantitative estimate of drug-likeness (QED) is 0.618. The molecule has 4 rings (SSSR count). The van der Waals surface area contributed by atoms with Crippen molar-refractivity contribution in [3.05, 3.63) is 97.9 Å². The smallest absolute Gasteiger partial charge is 0.268 e. The highest BCUT2D eigenvalue weighted by atomic mass is 35.5. The van der Waals surface area contributed by atoms with E-state index < -0.39 is 11.5 Å². The second-order valence-electron chi connectivity index (χ2n) is 9.14. The third-order valence-electron chi connectivity index (χ3n) is 5.79. The molecule has 0 bridgehead atoms. The second-order valence-corrected chi connectivity index (χ2v) is 9.58. The predicted molar refractivity (Wildman–Crippen MR) is 126 cm³/mol. The maximum absolute atomic E-state index is 13.5. The van der Waals surface area contributed by atoms with Gasteiger partial charge >= 0.3 is 0 Å². The van der Waals surface area contributed by atoms with Crippen LogP contribution in [-0.4, -0.2) is 16.3 Å². The van der Waals surface area contributed by atoms with E-state index in [1.54, 1.807) is 12.1 Å². The zero-order valence-corrected chi connectivity index (χ0v) is 19.1. The maximum Gasteiger partial charge on any atom is 0.268 e. The molecule has 5 nitrogen and oxygen atoms in total. The van der Waals surface area contributed by atoms with E-state index in [0.717, 1.165) is 11.1 Å². The van der Waals surface area contributed by atoms with Crippen molar-refractivity contribution in [3.8, 4) is 5.69 Å². The van der Waals surface area contributed by atoms with Gasteiger partial charge in [0.25, 0.3) is 11.5 Å². The first-order chi connectivity index (χ1) is 15.1. The van der Waals surface area contributed by atoms with Crippen LogP contribution in [0.4, 0.5) is 0 Å². The van der Waals surface area contributed by atoms with Crippen molar-refractivity contribution in [2.45, 2.75) is 40.2 Å². The fourth-order valence-electron chi connectivity index (χ4n) is 4.12. The standard InChI is InChI=1S/C26H25ClN2O3/c1-16-4-10-19(11-5-16)29-22-13-26(2,3)14-23(30)20(22)12-21(25(29)32)24(31)28-15-17-6-8-18(27)9-7-17/h4-12H,13-15H2,1-3H3,(H,28,31). The van der Waals surface area contributed by atoms with Crippen molar-refractivity contribution in [1.29, 1.82) is 0 Å². The minimum atomic E-state index is -0.508. The van der Waals surface area contributed by atoms with Crippen LogP contribution < -0.4 is 10.9 Å². The van der Waals surface area contributed by atoms with Crippen LogP contribution in [0.15, 0.2) is 59.4 Å². The summed E-state index contributed by atoms with van der Waals surface area (Å²) in [6.45, 7) is 6.25. The van der Waals surface area contributed by atoms with E-state index >= 15 is 0 Å². The van der Waals surface area contributed by atoms with Gasteiger partial charge in [0, 0.05) is 34.9 Å². The number of halogens is 1. The van der Waals surface area contributed by atoms with Gasteiger partial charge in [-0.2, -0.15) is 0 Å². The minimum absolute atomic E-state index is 0.0358. The molecule has 0 saturated carbocycles. The summed E-state index contributed by atoms with van der Waals surface area (Å²) in [6.07, 6.45) is 0.946. The van der Waals surface area contributed by atoms with Crippen molar-refractivity contribution in [2.24, 2.45) is 5.41 Å². The van der Waals surface area contributed by atoms with Crippen LogP contribution in [0, 0.1) is 12.3 Å². The molecule has 1 amide bonds. The fourth-order valence-corrected chi connectivity index (χ4v) is 4.25. The Bertz CT molecular complexity index is 1260.